The van der Waals surface area contributed by atoms with Crippen LogP contribution in [0.2, 0.25) is 5.02 Å². The molecule has 0 spiro atoms. The first kappa shape index (κ1) is 17.8. The van der Waals surface area contributed by atoms with Gasteiger partial charge < -0.3 is 10.4 Å². The summed E-state index contributed by atoms with van der Waals surface area (Å²) in [6.45, 7) is 2.80. The second kappa shape index (κ2) is 7.64. The van der Waals surface area contributed by atoms with Gasteiger partial charge in [0.05, 0.1) is 22.7 Å². The van der Waals surface area contributed by atoms with E-state index in [1.165, 1.54) is 0 Å². The second-order valence-corrected chi connectivity index (χ2v) is 5.37. The van der Waals surface area contributed by atoms with E-state index >= 15 is 0 Å². The third-order valence-electron chi connectivity index (χ3n) is 3.63. The van der Waals surface area contributed by atoms with Gasteiger partial charge in [0.25, 0.3) is 0 Å². The third-order valence-corrected chi connectivity index (χ3v) is 3.96. The molecular weight excluding hydrogens is 315 g/mol. The highest BCUT2D eigenvalue weighted by Gasteiger charge is 2.33. The molecule has 5 nitrogen and oxygen atoms in total. The van der Waals surface area contributed by atoms with Crippen LogP contribution in [0.4, 0.5) is 5.69 Å². The topological polar surface area (TPSA) is 69.6 Å². The van der Waals surface area contributed by atoms with E-state index < -0.39 is 5.97 Å². The summed E-state index contributed by atoms with van der Waals surface area (Å²) in [4.78, 5) is 25.0. The third kappa shape index (κ3) is 4.33. The number of nitrogens with zero attached hydrogens (tertiary/aromatic N) is 1. The lowest BCUT2D eigenvalue weighted by Crippen LogP contribution is -2.41. The van der Waals surface area contributed by atoms with E-state index in [1.54, 1.807) is 31.2 Å². The minimum absolute atomic E-state index is 0. The van der Waals surface area contributed by atoms with Gasteiger partial charge in [0.15, 0.2) is 0 Å². The molecule has 0 radical (unpaired) electrons. The van der Waals surface area contributed by atoms with E-state index in [0.29, 0.717) is 30.2 Å². The molecule has 1 fully saturated rings. The molecule has 1 saturated heterocycles. The minimum Gasteiger partial charge on any atom is -0.481 e. The Labute approximate surface area is 134 Å². The van der Waals surface area contributed by atoms with Gasteiger partial charge in [0.1, 0.15) is 0 Å². The fourth-order valence-electron chi connectivity index (χ4n) is 2.31. The van der Waals surface area contributed by atoms with Crippen LogP contribution in [0.25, 0.3) is 0 Å². The first-order chi connectivity index (χ1) is 9.49. The summed E-state index contributed by atoms with van der Waals surface area (Å²) in [7, 11) is 0. The van der Waals surface area contributed by atoms with Crippen molar-refractivity contribution < 1.29 is 14.7 Å². The Bertz CT molecular complexity index is 525. The standard InChI is InChI=1S/C14H17ClN2O3.ClH/c1-9(17-7-6-10(8-17)14(19)20)13(18)16-12-5-3-2-4-11(12)15;/h2-5,9-10H,6-8H2,1H3,(H,16,18)(H,19,20);1H. The molecule has 1 amide bonds. The summed E-state index contributed by atoms with van der Waals surface area (Å²) in [5.74, 6) is -1.36. The van der Waals surface area contributed by atoms with Crippen LogP contribution in [-0.2, 0) is 9.59 Å². The number of carbonyl (C=O) groups excluding carboxylic acids is 1. The molecule has 1 heterocycles. The Morgan fingerprint density at radius 1 is 1.43 bits per heavy atom. The first-order valence-corrected chi connectivity index (χ1v) is 6.89. The van der Waals surface area contributed by atoms with E-state index in [9.17, 15) is 9.59 Å². The van der Waals surface area contributed by atoms with Crippen molar-refractivity contribution in [1.82, 2.24) is 4.90 Å². The lowest BCUT2D eigenvalue weighted by Gasteiger charge is -2.23. The summed E-state index contributed by atoms with van der Waals surface area (Å²) in [5.41, 5.74) is 0.569. The van der Waals surface area contributed by atoms with Gasteiger partial charge in [-0.25, -0.2) is 0 Å². The Hall–Kier alpha value is -1.30. The van der Waals surface area contributed by atoms with Crippen LogP contribution in [0.5, 0.6) is 0 Å². The molecule has 21 heavy (non-hydrogen) atoms. The lowest BCUT2D eigenvalue weighted by atomic mass is 10.1. The van der Waals surface area contributed by atoms with Crippen molar-refractivity contribution in [3.63, 3.8) is 0 Å². The van der Waals surface area contributed by atoms with Crippen LogP contribution >= 0.6 is 24.0 Å². The fraction of sp³-hybridized carbons (Fsp3) is 0.429. The lowest BCUT2D eigenvalue weighted by molar-refractivity contribution is -0.141. The van der Waals surface area contributed by atoms with Gasteiger partial charge in [0.2, 0.25) is 5.91 Å². The van der Waals surface area contributed by atoms with E-state index in [-0.39, 0.29) is 30.3 Å². The van der Waals surface area contributed by atoms with Gasteiger partial charge >= 0.3 is 5.97 Å². The summed E-state index contributed by atoms with van der Waals surface area (Å²) < 4.78 is 0. The van der Waals surface area contributed by atoms with Gasteiger partial charge in [-0.2, -0.15) is 0 Å². The zero-order chi connectivity index (χ0) is 14.7. The molecule has 0 saturated carbocycles. The maximum absolute atomic E-state index is 12.2. The number of benzene rings is 1. The number of amides is 1. The van der Waals surface area contributed by atoms with Gasteiger partial charge in [-0.3, -0.25) is 14.5 Å². The van der Waals surface area contributed by atoms with Crippen LogP contribution in [0.15, 0.2) is 24.3 Å². The predicted molar refractivity (Wildman–Crippen MR) is 84.1 cm³/mol. The quantitative estimate of drug-likeness (QED) is 0.888. The zero-order valence-electron chi connectivity index (χ0n) is 11.6. The maximum atomic E-state index is 12.2. The first-order valence-electron chi connectivity index (χ1n) is 6.51. The monoisotopic (exact) mass is 332 g/mol. The van der Waals surface area contributed by atoms with E-state index in [2.05, 4.69) is 5.32 Å². The molecule has 116 valence electrons. The van der Waals surface area contributed by atoms with Crippen LogP contribution in [0, 0.1) is 5.92 Å². The van der Waals surface area contributed by atoms with Crippen molar-refractivity contribution >= 4 is 41.6 Å². The van der Waals surface area contributed by atoms with Crippen LogP contribution in [-0.4, -0.2) is 41.0 Å². The normalized spacial score (nSPS) is 19.6. The Kier molecular flexibility index (Phi) is 6.45. The van der Waals surface area contributed by atoms with Gasteiger partial charge in [0, 0.05) is 6.54 Å². The molecule has 2 unspecified atom stereocenters. The van der Waals surface area contributed by atoms with E-state index in [0.717, 1.165) is 0 Å². The average molecular weight is 333 g/mol. The maximum Gasteiger partial charge on any atom is 0.307 e. The van der Waals surface area contributed by atoms with Gasteiger partial charge in [-0.1, -0.05) is 23.7 Å². The molecule has 2 atom stereocenters. The molecule has 0 aliphatic carbocycles. The summed E-state index contributed by atoms with van der Waals surface area (Å²) in [6, 6.07) is 6.65. The highest BCUT2D eigenvalue weighted by Crippen LogP contribution is 2.23. The highest BCUT2D eigenvalue weighted by molar-refractivity contribution is 6.33. The molecule has 7 heteroatoms. The van der Waals surface area contributed by atoms with Gasteiger partial charge in [-0.05, 0) is 32.0 Å². The van der Waals surface area contributed by atoms with Crippen molar-refractivity contribution in [1.29, 1.82) is 0 Å². The molecule has 0 bridgehead atoms. The van der Waals surface area contributed by atoms with E-state index in [4.69, 9.17) is 16.7 Å². The zero-order valence-corrected chi connectivity index (χ0v) is 13.2. The molecule has 1 aromatic carbocycles. The highest BCUT2D eigenvalue weighted by atomic mass is 35.5. The summed E-state index contributed by atoms with van der Waals surface area (Å²) >= 11 is 5.99. The Morgan fingerprint density at radius 2 is 2.10 bits per heavy atom. The van der Waals surface area contributed by atoms with Gasteiger partial charge in [-0.15, -0.1) is 12.4 Å². The van der Waals surface area contributed by atoms with Crippen molar-refractivity contribution in [2.75, 3.05) is 18.4 Å². The van der Waals surface area contributed by atoms with Crippen LogP contribution < -0.4 is 5.32 Å². The number of para-hydroxylation sites is 1. The fourth-order valence-corrected chi connectivity index (χ4v) is 2.49. The number of hydrogen-bond donors (Lipinski definition) is 2. The van der Waals surface area contributed by atoms with Crippen molar-refractivity contribution in [2.45, 2.75) is 19.4 Å². The molecule has 0 aromatic heterocycles. The average Bonchev–Trinajstić information content (AvgIpc) is 2.90. The number of carboxylic acids is 1. The number of likely N-dealkylation sites (tertiary alicyclic amines) is 1. The molecule has 1 aliphatic rings. The smallest absolute Gasteiger partial charge is 0.307 e. The molecule has 2 rings (SSSR count). The second-order valence-electron chi connectivity index (χ2n) is 4.96. The predicted octanol–water partition coefficient (Wildman–Crippen LogP) is 2.50. The van der Waals surface area contributed by atoms with Crippen molar-refractivity contribution in [3.8, 4) is 0 Å². The number of hydrogen-bond acceptors (Lipinski definition) is 3. The van der Waals surface area contributed by atoms with Crippen LogP contribution in [0.3, 0.4) is 0 Å². The number of carbonyl (C=O) groups is 2. The summed E-state index contributed by atoms with van der Waals surface area (Å²) in [5, 5.41) is 12.2. The van der Waals surface area contributed by atoms with Crippen LogP contribution in [0.1, 0.15) is 13.3 Å². The molecule has 2 N–H and O–H groups in total. The van der Waals surface area contributed by atoms with Crippen molar-refractivity contribution in [2.24, 2.45) is 5.92 Å². The number of halogens is 2. The molecule has 1 aliphatic heterocycles. The number of nitrogens with one attached hydrogen (secondary N) is 1. The summed E-state index contributed by atoms with van der Waals surface area (Å²) in [6.07, 6.45) is 0.582. The molecule has 1 aromatic rings. The minimum atomic E-state index is -0.800. The van der Waals surface area contributed by atoms with E-state index in [1.807, 2.05) is 4.90 Å². The Morgan fingerprint density at radius 3 is 2.67 bits per heavy atom. The Balaban J connectivity index is 0.00000220. The SMILES string of the molecule is CC(C(=O)Nc1ccccc1Cl)N1CCC(C(=O)O)C1.Cl. The molecular formula is C14H18Cl2N2O3. The number of anilines is 1. The number of carboxylic acid groups (broad SMARTS) is 1. The number of aliphatic carboxylic acids is 1. The van der Waals surface area contributed by atoms with Crippen molar-refractivity contribution in [3.05, 3.63) is 29.3 Å². The number of rotatable bonds is 4. The largest absolute Gasteiger partial charge is 0.481 e.